The van der Waals surface area contributed by atoms with E-state index in [0.29, 0.717) is 12.5 Å². The highest BCUT2D eigenvalue weighted by Gasteiger charge is 2.31. The first-order chi connectivity index (χ1) is 7.85. The lowest BCUT2D eigenvalue weighted by atomic mass is 9.94. The smallest absolute Gasteiger partial charge is 0.410 e. The SMILES string of the molecule is CCC1CC(OC)CN(C(=O)OC(C)(C)C)C1. The highest BCUT2D eigenvalue weighted by atomic mass is 16.6. The summed E-state index contributed by atoms with van der Waals surface area (Å²) in [5, 5.41) is 0. The van der Waals surface area contributed by atoms with Crippen LogP contribution < -0.4 is 0 Å². The minimum absolute atomic E-state index is 0.140. The van der Waals surface area contributed by atoms with Gasteiger partial charge in [0.2, 0.25) is 0 Å². The van der Waals surface area contributed by atoms with Crippen LogP contribution in [-0.4, -0.2) is 42.9 Å². The number of ether oxygens (including phenoxy) is 2. The summed E-state index contributed by atoms with van der Waals surface area (Å²) in [4.78, 5) is 13.8. The molecule has 1 fully saturated rings. The van der Waals surface area contributed by atoms with Crippen molar-refractivity contribution in [3.63, 3.8) is 0 Å². The molecule has 1 rings (SSSR count). The zero-order valence-electron chi connectivity index (χ0n) is 11.7. The molecule has 1 saturated heterocycles. The quantitative estimate of drug-likeness (QED) is 0.748. The van der Waals surface area contributed by atoms with Crippen LogP contribution in [0.3, 0.4) is 0 Å². The zero-order valence-corrected chi connectivity index (χ0v) is 11.7. The summed E-state index contributed by atoms with van der Waals surface area (Å²) in [5.74, 6) is 0.515. The van der Waals surface area contributed by atoms with Gasteiger partial charge in [-0.1, -0.05) is 13.3 Å². The van der Waals surface area contributed by atoms with Crippen LogP contribution in [0.25, 0.3) is 0 Å². The van der Waals surface area contributed by atoms with Crippen molar-refractivity contribution in [2.45, 2.75) is 52.2 Å². The molecule has 2 unspecified atom stereocenters. The van der Waals surface area contributed by atoms with E-state index in [4.69, 9.17) is 9.47 Å². The number of amides is 1. The number of methoxy groups -OCH3 is 1. The summed E-state index contributed by atoms with van der Waals surface area (Å²) in [5.41, 5.74) is -0.432. The average molecular weight is 243 g/mol. The van der Waals surface area contributed by atoms with Crippen molar-refractivity contribution in [2.75, 3.05) is 20.2 Å². The van der Waals surface area contributed by atoms with Gasteiger partial charge in [-0.25, -0.2) is 4.79 Å². The Morgan fingerprint density at radius 3 is 2.47 bits per heavy atom. The van der Waals surface area contributed by atoms with Gasteiger partial charge in [0.1, 0.15) is 5.60 Å². The summed E-state index contributed by atoms with van der Waals surface area (Å²) < 4.78 is 10.8. The van der Waals surface area contributed by atoms with Crippen LogP contribution in [0.15, 0.2) is 0 Å². The van der Waals surface area contributed by atoms with Crippen LogP contribution in [0.5, 0.6) is 0 Å². The largest absolute Gasteiger partial charge is 0.444 e. The first-order valence-electron chi connectivity index (χ1n) is 6.36. The fraction of sp³-hybridized carbons (Fsp3) is 0.923. The van der Waals surface area contributed by atoms with Gasteiger partial charge in [-0.05, 0) is 33.1 Å². The Morgan fingerprint density at radius 1 is 1.35 bits per heavy atom. The molecule has 0 aromatic heterocycles. The van der Waals surface area contributed by atoms with Crippen molar-refractivity contribution in [1.82, 2.24) is 4.90 Å². The number of hydrogen-bond donors (Lipinski definition) is 0. The second kappa shape index (κ2) is 5.71. The number of hydrogen-bond acceptors (Lipinski definition) is 3. The summed E-state index contributed by atoms with van der Waals surface area (Å²) in [6.45, 7) is 9.24. The minimum atomic E-state index is -0.432. The maximum Gasteiger partial charge on any atom is 0.410 e. The van der Waals surface area contributed by atoms with Crippen LogP contribution in [0, 0.1) is 5.92 Å². The molecule has 2 atom stereocenters. The van der Waals surface area contributed by atoms with Crippen LogP contribution in [0.1, 0.15) is 40.5 Å². The first-order valence-corrected chi connectivity index (χ1v) is 6.36. The monoisotopic (exact) mass is 243 g/mol. The number of likely N-dealkylation sites (tertiary alicyclic amines) is 1. The Kier molecular flexibility index (Phi) is 4.80. The van der Waals surface area contributed by atoms with Gasteiger partial charge in [0.25, 0.3) is 0 Å². The van der Waals surface area contributed by atoms with Crippen molar-refractivity contribution in [2.24, 2.45) is 5.92 Å². The van der Waals surface area contributed by atoms with E-state index in [9.17, 15) is 4.79 Å². The second-order valence-corrected chi connectivity index (χ2v) is 5.75. The minimum Gasteiger partial charge on any atom is -0.444 e. The molecule has 17 heavy (non-hydrogen) atoms. The molecule has 0 aromatic rings. The molecule has 1 aliphatic heterocycles. The lowest BCUT2D eigenvalue weighted by molar-refractivity contribution is -0.0198. The van der Waals surface area contributed by atoms with E-state index in [-0.39, 0.29) is 12.2 Å². The van der Waals surface area contributed by atoms with Gasteiger partial charge in [-0.2, -0.15) is 0 Å². The zero-order chi connectivity index (χ0) is 13.1. The molecule has 1 heterocycles. The summed E-state index contributed by atoms with van der Waals surface area (Å²) >= 11 is 0. The molecule has 0 spiro atoms. The molecule has 0 bridgehead atoms. The Bertz CT molecular complexity index is 248. The fourth-order valence-electron chi connectivity index (χ4n) is 2.09. The van der Waals surface area contributed by atoms with Gasteiger partial charge < -0.3 is 14.4 Å². The number of carbonyl (C=O) groups excluding carboxylic acids is 1. The van der Waals surface area contributed by atoms with Gasteiger partial charge in [-0.3, -0.25) is 0 Å². The van der Waals surface area contributed by atoms with E-state index < -0.39 is 5.60 Å². The Balaban J connectivity index is 2.59. The molecule has 0 radical (unpaired) electrons. The standard InChI is InChI=1S/C13H25NO3/c1-6-10-7-11(16-5)9-14(8-10)12(15)17-13(2,3)4/h10-11H,6-9H2,1-5H3. The number of piperidine rings is 1. The van der Waals surface area contributed by atoms with Crippen LogP contribution in [0.2, 0.25) is 0 Å². The third-order valence-electron chi connectivity index (χ3n) is 3.06. The van der Waals surface area contributed by atoms with Crippen molar-refractivity contribution in [1.29, 1.82) is 0 Å². The maximum absolute atomic E-state index is 12.0. The first kappa shape index (κ1) is 14.3. The fourth-order valence-corrected chi connectivity index (χ4v) is 2.09. The third kappa shape index (κ3) is 4.54. The number of nitrogens with zero attached hydrogens (tertiary/aromatic N) is 1. The Morgan fingerprint density at radius 2 is 2.00 bits per heavy atom. The number of carbonyl (C=O) groups is 1. The molecule has 0 saturated carbocycles. The van der Waals surface area contributed by atoms with Gasteiger partial charge in [-0.15, -0.1) is 0 Å². The highest BCUT2D eigenvalue weighted by molar-refractivity contribution is 5.68. The molecule has 1 aliphatic rings. The summed E-state index contributed by atoms with van der Waals surface area (Å²) in [6, 6.07) is 0. The lowest BCUT2D eigenvalue weighted by Gasteiger charge is -2.37. The predicted molar refractivity (Wildman–Crippen MR) is 67.0 cm³/mol. The molecule has 0 aliphatic carbocycles. The predicted octanol–water partition coefficient (Wildman–Crippen LogP) is 2.67. The second-order valence-electron chi connectivity index (χ2n) is 5.75. The molecule has 4 heteroatoms. The van der Waals surface area contributed by atoms with Gasteiger partial charge in [0.15, 0.2) is 0 Å². The van der Waals surface area contributed by atoms with Gasteiger partial charge in [0, 0.05) is 13.7 Å². The van der Waals surface area contributed by atoms with E-state index in [1.165, 1.54) is 0 Å². The van der Waals surface area contributed by atoms with Crippen LogP contribution >= 0.6 is 0 Å². The molecule has 0 N–H and O–H groups in total. The summed E-state index contributed by atoms with van der Waals surface area (Å²) in [6.07, 6.45) is 2.02. The third-order valence-corrected chi connectivity index (χ3v) is 3.06. The molecule has 1 amide bonds. The normalized spacial score (nSPS) is 25.8. The van der Waals surface area contributed by atoms with Crippen molar-refractivity contribution < 1.29 is 14.3 Å². The van der Waals surface area contributed by atoms with Gasteiger partial charge in [0.05, 0.1) is 12.6 Å². The Labute approximate surface area is 104 Å². The van der Waals surface area contributed by atoms with Crippen LogP contribution in [-0.2, 0) is 9.47 Å². The van der Waals surface area contributed by atoms with Crippen molar-refractivity contribution in [3.05, 3.63) is 0 Å². The van der Waals surface area contributed by atoms with Crippen molar-refractivity contribution in [3.8, 4) is 0 Å². The van der Waals surface area contributed by atoms with E-state index in [1.54, 1.807) is 12.0 Å². The molecule has 100 valence electrons. The highest BCUT2D eigenvalue weighted by Crippen LogP contribution is 2.23. The Hall–Kier alpha value is -0.770. The van der Waals surface area contributed by atoms with E-state index >= 15 is 0 Å². The molecular weight excluding hydrogens is 218 g/mol. The molecular formula is C13H25NO3. The average Bonchev–Trinajstić information content (AvgIpc) is 2.26. The maximum atomic E-state index is 12.0. The topological polar surface area (TPSA) is 38.8 Å². The van der Waals surface area contributed by atoms with Gasteiger partial charge >= 0.3 is 6.09 Å². The lowest BCUT2D eigenvalue weighted by Crippen LogP contribution is -2.48. The van der Waals surface area contributed by atoms with Crippen LogP contribution in [0.4, 0.5) is 4.79 Å². The van der Waals surface area contributed by atoms with E-state index in [0.717, 1.165) is 19.4 Å². The van der Waals surface area contributed by atoms with E-state index in [1.807, 2.05) is 20.8 Å². The molecule has 4 nitrogen and oxygen atoms in total. The molecule has 0 aromatic carbocycles. The van der Waals surface area contributed by atoms with E-state index in [2.05, 4.69) is 6.92 Å². The summed E-state index contributed by atoms with van der Waals surface area (Å²) in [7, 11) is 1.70. The van der Waals surface area contributed by atoms with Crippen molar-refractivity contribution >= 4 is 6.09 Å². The number of rotatable bonds is 2.